The lowest BCUT2D eigenvalue weighted by Gasteiger charge is -2.20. The summed E-state index contributed by atoms with van der Waals surface area (Å²) in [6.07, 6.45) is 4.84. The average Bonchev–Trinajstić information content (AvgIpc) is 2.72. The first-order chi connectivity index (χ1) is 6.71. The highest BCUT2D eigenvalue weighted by atomic mass is 16.4. The lowest BCUT2D eigenvalue weighted by Crippen LogP contribution is -2.21. The largest absolute Gasteiger partial charge is 0.466 e. The van der Waals surface area contributed by atoms with E-state index in [4.69, 9.17) is 4.42 Å². The van der Waals surface area contributed by atoms with Crippen molar-refractivity contribution in [2.24, 2.45) is 0 Å². The van der Waals surface area contributed by atoms with Crippen molar-refractivity contribution >= 4 is 0 Å². The maximum atomic E-state index is 10.2. The molecule has 2 heterocycles. The highest BCUT2D eigenvalue weighted by Gasteiger charge is 2.28. The van der Waals surface area contributed by atoms with E-state index in [9.17, 15) is 5.11 Å². The third kappa shape index (κ3) is 1.42. The molecule has 0 radical (unpaired) electrons. The lowest BCUT2D eigenvalue weighted by atomic mass is 9.95. The van der Waals surface area contributed by atoms with Crippen LogP contribution >= 0.6 is 0 Å². The van der Waals surface area contributed by atoms with Gasteiger partial charge >= 0.3 is 0 Å². The molecule has 0 aliphatic rings. The van der Waals surface area contributed by atoms with Gasteiger partial charge in [0.25, 0.3) is 0 Å². The molecule has 3 heteroatoms. The predicted molar refractivity (Wildman–Crippen MR) is 51.6 cm³/mol. The first-order valence-corrected chi connectivity index (χ1v) is 4.38. The third-order valence-electron chi connectivity index (χ3n) is 2.22. The second kappa shape index (κ2) is 3.27. The van der Waals surface area contributed by atoms with E-state index >= 15 is 0 Å². The van der Waals surface area contributed by atoms with E-state index < -0.39 is 5.60 Å². The Balaban J connectivity index is 2.43. The molecule has 3 nitrogen and oxygen atoms in total. The Bertz CT molecular complexity index is 392. The molecule has 0 aliphatic heterocycles. The summed E-state index contributed by atoms with van der Waals surface area (Å²) >= 11 is 0. The van der Waals surface area contributed by atoms with Crippen molar-refractivity contribution in [3.63, 3.8) is 0 Å². The van der Waals surface area contributed by atoms with Crippen molar-refractivity contribution in [3.05, 3.63) is 54.2 Å². The fourth-order valence-corrected chi connectivity index (χ4v) is 1.35. The maximum Gasteiger partial charge on any atom is 0.146 e. The topological polar surface area (TPSA) is 46.3 Å². The molecule has 72 valence electrons. The molecule has 1 N–H and O–H groups in total. The van der Waals surface area contributed by atoms with Crippen LogP contribution in [0.2, 0.25) is 0 Å². The molecule has 2 aromatic rings. The second-order valence-electron chi connectivity index (χ2n) is 3.29. The minimum atomic E-state index is -1.11. The molecule has 0 fully saturated rings. The number of aromatic nitrogens is 1. The van der Waals surface area contributed by atoms with Gasteiger partial charge < -0.3 is 9.52 Å². The van der Waals surface area contributed by atoms with E-state index in [1.807, 2.05) is 6.07 Å². The summed E-state index contributed by atoms with van der Waals surface area (Å²) in [6, 6.07) is 7.09. The Kier molecular flexibility index (Phi) is 2.09. The molecule has 0 aromatic carbocycles. The quantitative estimate of drug-likeness (QED) is 0.785. The molecule has 14 heavy (non-hydrogen) atoms. The molecule has 0 aliphatic carbocycles. The van der Waals surface area contributed by atoms with Crippen molar-refractivity contribution in [2.75, 3.05) is 0 Å². The standard InChI is InChI=1S/C11H11NO2/c1-11(13,10-5-3-7-14-10)9-4-2-6-12-8-9/h2-8,13H,1H3. The smallest absolute Gasteiger partial charge is 0.146 e. The maximum absolute atomic E-state index is 10.2. The predicted octanol–water partition coefficient (Wildman–Crippen LogP) is 1.93. The molecule has 1 unspecified atom stereocenters. The molecule has 0 spiro atoms. The van der Waals surface area contributed by atoms with Crippen LogP contribution in [0.4, 0.5) is 0 Å². The first-order valence-electron chi connectivity index (χ1n) is 4.38. The first kappa shape index (κ1) is 8.97. The van der Waals surface area contributed by atoms with Gasteiger partial charge in [-0.05, 0) is 25.1 Å². The van der Waals surface area contributed by atoms with E-state index in [0.717, 1.165) is 5.56 Å². The van der Waals surface area contributed by atoms with Crippen LogP contribution in [0.15, 0.2) is 47.3 Å². The Morgan fingerprint density at radius 1 is 1.36 bits per heavy atom. The molecule has 2 rings (SSSR count). The number of aliphatic hydroxyl groups is 1. The summed E-state index contributed by atoms with van der Waals surface area (Å²) in [4.78, 5) is 3.96. The van der Waals surface area contributed by atoms with Gasteiger partial charge in [-0.3, -0.25) is 4.98 Å². The van der Waals surface area contributed by atoms with Gasteiger partial charge in [-0.1, -0.05) is 6.07 Å². The summed E-state index contributed by atoms with van der Waals surface area (Å²) in [5.74, 6) is 0.519. The van der Waals surface area contributed by atoms with Crippen molar-refractivity contribution in [2.45, 2.75) is 12.5 Å². The van der Waals surface area contributed by atoms with Crippen molar-refractivity contribution < 1.29 is 9.52 Å². The molecule has 0 amide bonds. The number of furan rings is 1. The molecule has 1 atom stereocenters. The highest BCUT2D eigenvalue weighted by Crippen LogP contribution is 2.28. The van der Waals surface area contributed by atoms with Crippen molar-refractivity contribution in [1.29, 1.82) is 0 Å². The zero-order valence-corrected chi connectivity index (χ0v) is 7.84. The van der Waals surface area contributed by atoms with Crippen molar-refractivity contribution in [3.8, 4) is 0 Å². The Morgan fingerprint density at radius 2 is 2.21 bits per heavy atom. The average molecular weight is 189 g/mol. The Labute approximate surface area is 82.0 Å². The summed E-state index contributed by atoms with van der Waals surface area (Å²) in [5, 5.41) is 10.2. The van der Waals surface area contributed by atoms with E-state index in [0.29, 0.717) is 5.76 Å². The number of nitrogens with zero attached hydrogens (tertiary/aromatic N) is 1. The van der Waals surface area contributed by atoms with Crippen LogP contribution in [0.25, 0.3) is 0 Å². The van der Waals surface area contributed by atoms with Gasteiger partial charge in [-0.2, -0.15) is 0 Å². The normalized spacial score (nSPS) is 15.0. The lowest BCUT2D eigenvalue weighted by molar-refractivity contribution is 0.0764. The van der Waals surface area contributed by atoms with Crippen LogP contribution in [0, 0.1) is 0 Å². The van der Waals surface area contributed by atoms with Crippen LogP contribution in [0.5, 0.6) is 0 Å². The molecule has 0 saturated carbocycles. The Morgan fingerprint density at radius 3 is 2.79 bits per heavy atom. The van der Waals surface area contributed by atoms with Crippen LogP contribution in [-0.2, 0) is 5.60 Å². The Hall–Kier alpha value is -1.61. The highest BCUT2D eigenvalue weighted by molar-refractivity contribution is 5.27. The van der Waals surface area contributed by atoms with Crippen LogP contribution in [0.3, 0.4) is 0 Å². The van der Waals surface area contributed by atoms with Gasteiger partial charge in [0.1, 0.15) is 11.4 Å². The van der Waals surface area contributed by atoms with E-state index in [1.165, 1.54) is 0 Å². The van der Waals surface area contributed by atoms with Gasteiger partial charge in [0.15, 0.2) is 0 Å². The fraction of sp³-hybridized carbons (Fsp3) is 0.182. The molecule has 0 saturated heterocycles. The van der Waals surface area contributed by atoms with Gasteiger partial charge in [0, 0.05) is 18.0 Å². The summed E-state index contributed by atoms with van der Waals surface area (Å²) in [7, 11) is 0. The molecular weight excluding hydrogens is 178 g/mol. The van der Waals surface area contributed by atoms with Gasteiger partial charge in [-0.15, -0.1) is 0 Å². The van der Waals surface area contributed by atoms with Crippen LogP contribution < -0.4 is 0 Å². The van der Waals surface area contributed by atoms with Crippen molar-refractivity contribution in [1.82, 2.24) is 4.98 Å². The SMILES string of the molecule is CC(O)(c1cccnc1)c1ccco1. The molecule has 2 aromatic heterocycles. The monoisotopic (exact) mass is 189 g/mol. The molecule has 0 bridgehead atoms. The van der Waals surface area contributed by atoms with Gasteiger partial charge in [0.2, 0.25) is 0 Å². The van der Waals surface area contributed by atoms with Gasteiger partial charge in [-0.25, -0.2) is 0 Å². The van der Waals surface area contributed by atoms with E-state index in [2.05, 4.69) is 4.98 Å². The minimum Gasteiger partial charge on any atom is -0.466 e. The zero-order chi connectivity index (χ0) is 10.0. The van der Waals surface area contributed by atoms with E-state index in [1.54, 1.807) is 43.8 Å². The minimum absolute atomic E-state index is 0.519. The van der Waals surface area contributed by atoms with E-state index in [-0.39, 0.29) is 0 Å². The number of hydrogen-bond donors (Lipinski definition) is 1. The fourth-order valence-electron chi connectivity index (χ4n) is 1.35. The summed E-state index contributed by atoms with van der Waals surface area (Å²) in [5.41, 5.74) is -0.396. The van der Waals surface area contributed by atoms with Crippen LogP contribution in [-0.4, -0.2) is 10.1 Å². The third-order valence-corrected chi connectivity index (χ3v) is 2.22. The summed E-state index contributed by atoms with van der Waals surface area (Å²) < 4.78 is 5.17. The zero-order valence-electron chi connectivity index (χ0n) is 7.84. The number of pyridine rings is 1. The second-order valence-corrected chi connectivity index (χ2v) is 3.29. The molecular formula is C11H11NO2. The van der Waals surface area contributed by atoms with Gasteiger partial charge in [0.05, 0.1) is 6.26 Å². The van der Waals surface area contributed by atoms with Crippen LogP contribution in [0.1, 0.15) is 18.2 Å². The number of hydrogen-bond acceptors (Lipinski definition) is 3. The number of rotatable bonds is 2. The summed E-state index contributed by atoms with van der Waals surface area (Å²) in [6.45, 7) is 1.68.